The lowest BCUT2D eigenvalue weighted by molar-refractivity contribution is -0.00260. The van der Waals surface area contributed by atoms with E-state index in [1.807, 2.05) is 19.9 Å². The van der Waals surface area contributed by atoms with Crippen LogP contribution in [0, 0.1) is 13.8 Å². The first-order chi connectivity index (χ1) is 16.9. The Labute approximate surface area is 211 Å². The molecule has 0 aliphatic carbocycles. The number of thiophene rings is 1. The number of carbonyl (C=O) groups is 1. The van der Waals surface area contributed by atoms with Gasteiger partial charge in [-0.3, -0.25) is 14.6 Å². The van der Waals surface area contributed by atoms with Crippen molar-refractivity contribution >= 4 is 28.1 Å². The fraction of sp³-hybridized carbons (Fsp3) is 0.346. The van der Waals surface area contributed by atoms with Crippen LogP contribution in [0.1, 0.15) is 53.6 Å². The highest BCUT2D eigenvalue weighted by atomic mass is 32.1. The Morgan fingerprint density at radius 1 is 1.36 bits per heavy atom. The second-order valence-electron chi connectivity index (χ2n) is 9.29. The van der Waals surface area contributed by atoms with Crippen molar-refractivity contribution < 1.29 is 19.0 Å². The van der Waals surface area contributed by atoms with Crippen molar-refractivity contribution in [3.63, 3.8) is 0 Å². The first-order valence-electron chi connectivity index (χ1n) is 11.5. The first kappa shape index (κ1) is 25.6. The number of rotatable bonds is 7. The molecule has 0 fully saturated rings. The number of aliphatic hydroxyl groups is 1. The number of hydrogen-bond donors (Lipinski definition) is 3. The van der Waals surface area contributed by atoms with Crippen molar-refractivity contribution in [2.75, 3.05) is 6.54 Å². The summed E-state index contributed by atoms with van der Waals surface area (Å²) >= 11 is 1.13. The van der Waals surface area contributed by atoms with Crippen LogP contribution in [0.4, 0.5) is 4.39 Å². The molecule has 4 rings (SSSR count). The van der Waals surface area contributed by atoms with Crippen LogP contribution in [0.2, 0.25) is 0 Å². The summed E-state index contributed by atoms with van der Waals surface area (Å²) in [6.07, 6.45) is 1.65. The molecule has 0 aliphatic rings. The Hall–Kier alpha value is -3.50. The Bertz CT molecular complexity index is 1490. The van der Waals surface area contributed by atoms with E-state index < -0.39 is 11.8 Å². The number of nitrogens with zero attached hydrogens (tertiary/aromatic N) is 2. The summed E-state index contributed by atoms with van der Waals surface area (Å²) in [5.74, 6) is 0.569. The lowest BCUT2D eigenvalue weighted by Gasteiger charge is -2.20. The van der Waals surface area contributed by atoms with Crippen LogP contribution in [0.5, 0.6) is 11.5 Å². The first-order valence-corrected chi connectivity index (χ1v) is 12.3. The van der Waals surface area contributed by atoms with Crippen molar-refractivity contribution in [3.05, 3.63) is 62.8 Å². The standard InChI is InChI=1S/C26H29FN4O4S/c1-7-28-24(32)17-10-15-16(12-31(6)25(33)20(15)30-17)22-18(11-19(36-22)23(27)26(4,5)34)35-21-13(2)8-9-29-14(21)3/h8-12,23,30,34H,7H2,1-6H3,(H,28,32). The minimum absolute atomic E-state index is 0.245. The predicted octanol–water partition coefficient (Wildman–Crippen LogP) is 4.93. The maximum absolute atomic E-state index is 15.3. The summed E-state index contributed by atoms with van der Waals surface area (Å²) in [6, 6.07) is 5.01. The van der Waals surface area contributed by atoms with E-state index in [1.165, 1.54) is 18.4 Å². The Kier molecular flexibility index (Phi) is 6.76. The molecule has 1 unspecified atom stereocenters. The van der Waals surface area contributed by atoms with E-state index in [1.54, 1.807) is 38.5 Å². The van der Waals surface area contributed by atoms with Crippen molar-refractivity contribution in [1.29, 1.82) is 0 Å². The molecule has 10 heteroatoms. The Morgan fingerprint density at radius 2 is 2.08 bits per heavy atom. The fourth-order valence-electron chi connectivity index (χ4n) is 3.97. The van der Waals surface area contributed by atoms with E-state index in [0.29, 0.717) is 39.6 Å². The highest BCUT2D eigenvalue weighted by Gasteiger charge is 2.32. The highest BCUT2D eigenvalue weighted by molar-refractivity contribution is 7.16. The molecule has 1 atom stereocenters. The maximum Gasteiger partial charge on any atom is 0.274 e. The molecule has 0 spiro atoms. The molecule has 0 bridgehead atoms. The van der Waals surface area contributed by atoms with Gasteiger partial charge in [0.05, 0.1) is 16.2 Å². The van der Waals surface area contributed by atoms with Gasteiger partial charge in [0.1, 0.15) is 17.0 Å². The number of halogens is 1. The maximum atomic E-state index is 15.3. The molecule has 190 valence electrons. The summed E-state index contributed by atoms with van der Waals surface area (Å²) in [5, 5.41) is 13.6. The van der Waals surface area contributed by atoms with Crippen molar-refractivity contribution in [1.82, 2.24) is 19.9 Å². The molecule has 1 amide bonds. The number of hydrogen-bond acceptors (Lipinski definition) is 6. The number of aromatic amines is 1. The minimum Gasteiger partial charge on any atom is -0.454 e. The van der Waals surface area contributed by atoms with Crippen LogP contribution in [0.3, 0.4) is 0 Å². The number of fused-ring (bicyclic) bond motifs is 1. The number of nitrogens with one attached hydrogen (secondary N) is 2. The van der Waals surface area contributed by atoms with Crippen molar-refractivity contribution in [2.45, 2.75) is 46.4 Å². The van der Waals surface area contributed by atoms with Crippen molar-refractivity contribution in [3.8, 4) is 21.9 Å². The SMILES string of the molecule is CCNC(=O)c1cc2c(-c3sc(C(F)C(C)(C)O)cc3Oc3c(C)ccnc3C)cn(C)c(=O)c2[nH]1. The van der Waals surface area contributed by atoms with Crippen LogP contribution in [-0.2, 0) is 7.05 Å². The van der Waals surface area contributed by atoms with E-state index in [-0.39, 0.29) is 27.6 Å². The molecular formula is C26H29FN4O4S. The van der Waals surface area contributed by atoms with E-state index in [9.17, 15) is 14.7 Å². The van der Waals surface area contributed by atoms with Gasteiger partial charge in [-0.05, 0) is 58.4 Å². The molecule has 3 N–H and O–H groups in total. The quantitative estimate of drug-likeness (QED) is 0.325. The van der Waals surface area contributed by atoms with Gasteiger partial charge in [0.15, 0.2) is 11.9 Å². The Morgan fingerprint density at radius 3 is 2.72 bits per heavy atom. The topological polar surface area (TPSA) is 109 Å². The monoisotopic (exact) mass is 512 g/mol. The number of aryl methyl sites for hydroxylation is 3. The van der Waals surface area contributed by atoms with Crippen LogP contribution in [0.15, 0.2) is 35.4 Å². The smallest absolute Gasteiger partial charge is 0.274 e. The summed E-state index contributed by atoms with van der Waals surface area (Å²) in [4.78, 5) is 33.4. The normalized spacial score (nSPS) is 12.7. The zero-order valence-corrected chi connectivity index (χ0v) is 21.8. The molecule has 8 nitrogen and oxygen atoms in total. The van der Waals surface area contributed by atoms with E-state index in [2.05, 4.69) is 15.3 Å². The van der Waals surface area contributed by atoms with E-state index in [0.717, 1.165) is 16.9 Å². The van der Waals surface area contributed by atoms with Gasteiger partial charge in [-0.15, -0.1) is 11.3 Å². The summed E-state index contributed by atoms with van der Waals surface area (Å²) in [5.41, 5.74) is 0.692. The van der Waals surface area contributed by atoms with Gasteiger partial charge in [0, 0.05) is 41.8 Å². The van der Waals surface area contributed by atoms with Crippen LogP contribution < -0.4 is 15.6 Å². The third kappa shape index (κ3) is 4.66. The van der Waals surface area contributed by atoms with Gasteiger partial charge in [0.25, 0.3) is 11.5 Å². The van der Waals surface area contributed by atoms with Gasteiger partial charge in [-0.1, -0.05) is 0 Å². The number of alkyl halides is 1. The molecule has 4 aromatic heterocycles. The predicted molar refractivity (Wildman–Crippen MR) is 139 cm³/mol. The average molecular weight is 513 g/mol. The molecule has 0 radical (unpaired) electrons. The summed E-state index contributed by atoms with van der Waals surface area (Å²) in [6.45, 7) is 8.76. The number of carbonyl (C=O) groups excluding carboxylic acids is 1. The summed E-state index contributed by atoms with van der Waals surface area (Å²) < 4.78 is 23.0. The van der Waals surface area contributed by atoms with Gasteiger partial charge in [-0.2, -0.15) is 0 Å². The van der Waals surface area contributed by atoms with Crippen molar-refractivity contribution in [2.24, 2.45) is 7.05 Å². The number of aromatic nitrogens is 3. The minimum atomic E-state index is -1.67. The van der Waals surface area contributed by atoms with Gasteiger partial charge >= 0.3 is 0 Å². The zero-order chi connectivity index (χ0) is 26.4. The number of ether oxygens (including phenoxy) is 1. The van der Waals surface area contributed by atoms with E-state index >= 15 is 4.39 Å². The number of pyridine rings is 2. The second kappa shape index (κ2) is 9.51. The summed E-state index contributed by atoms with van der Waals surface area (Å²) in [7, 11) is 1.61. The van der Waals surface area contributed by atoms with Crippen LogP contribution >= 0.6 is 11.3 Å². The zero-order valence-electron chi connectivity index (χ0n) is 21.0. The lowest BCUT2D eigenvalue weighted by atomic mass is 10.0. The third-order valence-electron chi connectivity index (χ3n) is 5.87. The third-order valence-corrected chi connectivity index (χ3v) is 7.06. The largest absolute Gasteiger partial charge is 0.454 e. The molecular weight excluding hydrogens is 483 g/mol. The number of H-pyrrole nitrogens is 1. The lowest BCUT2D eigenvalue weighted by Crippen LogP contribution is -2.25. The molecule has 0 saturated heterocycles. The average Bonchev–Trinajstić information content (AvgIpc) is 3.43. The molecule has 36 heavy (non-hydrogen) atoms. The molecule has 0 aromatic carbocycles. The second-order valence-corrected chi connectivity index (χ2v) is 10.4. The highest BCUT2D eigenvalue weighted by Crippen LogP contribution is 2.47. The molecule has 4 heterocycles. The Balaban J connectivity index is 1.97. The van der Waals surface area contributed by atoms with Crippen LogP contribution in [0.25, 0.3) is 21.3 Å². The van der Waals surface area contributed by atoms with Gasteiger partial charge in [0.2, 0.25) is 0 Å². The molecule has 0 saturated carbocycles. The fourth-order valence-corrected chi connectivity index (χ4v) is 5.23. The van der Waals surface area contributed by atoms with Gasteiger partial charge < -0.3 is 24.7 Å². The van der Waals surface area contributed by atoms with Gasteiger partial charge in [-0.25, -0.2) is 4.39 Å². The molecule has 0 aliphatic heterocycles. The number of amides is 1. The van der Waals surface area contributed by atoms with E-state index in [4.69, 9.17) is 4.74 Å². The molecule has 4 aromatic rings. The van der Waals surface area contributed by atoms with Crippen LogP contribution in [-0.4, -0.2) is 37.7 Å².